The largest absolute Gasteiger partial charge is 0.490 e. The number of aryl methyl sites for hydroxylation is 1. The van der Waals surface area contributed by atoms with Gasteiger partial charge in [0, 0.05) is 12.4 Å². The molecule has 2 aromatic heterocycles. The van der Waals surface area contributed by atoms with Crippen LogP contribution in [0.5, 0.6) is 5.75 Å². The van der Waals surface area contributed by atoms with E-state index < -0.39 is 23.3 Å². The number of fused-ring (bicyclic) bond motifs is 2. The van der Waals surface area contributed by atoms with E-state index in [4.69, 9.17) is 10.5 Å². The van der Waals surface area contributed by atoms with Crippen LogP contribution in [0.15, 0.2) is 57.2 Å². The Bertz CT molecular complexity index is 1420. The lowest BCUT2D eigenvalue weighted by molar-refractivity contribution is -0.115. The van der Waals surface area contributed by atoms with Gasteiger partial charge in [0.05, 0.1) is 12.3 Å². The first kappa shape index (κ1) is 21.7. The smallest absolute Gasteiger partial charge is 0.329 e. The lowest BCUT2D eigenvalue weighted by atomic mass is 10.1. The van der Waals surface area contributed by atoms with E-state index >= 15 is 0 Å². The molecule has 0 saturated heterocycles. The molecule has 0 bridgehead atoms. The summed E-state index contributed by atoms with van der Waals surface area (Å²) >= 11 is 1.02. The molecule has 0 fully saturated rings. The van der Waals surface area contributed by atoms with Gasteiger partial charge in [0.15, 0.2) is 16.3 Å². The van der Waals surface area contributed by atoms with E-state index in [1.807, 2.05) is 42.5 Å². The van der Waals surface area contributed by atoms with Gasteiger partial charge in [0.1, 0.15) is 18.5 Å². The first-order valence-electron chi connectivity index (χ1n) is 9.74. The molecule has 0 spiro atoms. The number of carbonyl (C=O) groups is 1. The van der Waals surface area contributed by atoms with Gasteiger partial charge < -0.3 is 20.1 Å². The predicted octanol–water partition coefficient (Wildman–Crippen LogP) is 0.594. The fraction of sp³-hybridized carbons (Fsp3) is 0.238. The van der Waals surface area contributed by atoms with Crippen LogP contribution in [-0.4, -0.2) is 48.6 Å². The quantitative estimate of drug-likeness (QED) is 0.330. The predicted molar refractivity (Wildman–Crippen MR) is 121 cm³/mol. The first-order valence-corrected chi connectivity index (χ1v) is 10.7. The fourth-order valence-electron chi connectivity index (χ4n) is 3.40. The zero-order chi connectivity index (χ0) is 22.8. The number of hydrogen-bond acceptors (Lipinski definition) is 7. The molecule has 2 aromatic carbocycles. The first-order chi connectivity index (χ1) is 15.3. The number of benzene rings is 2. The number of H-pyrrole nitrogens is 1. The van der Waals surface area contributed by atoms with Gasteiger partial charge in [0.25, 0.3) is 5.56 Å². The van der Waals surface area contributed by atoms with Crippen molar-refractivity contribution < 1.29 is 14.6 Å². The zero-order valence-electron chi connectivity index (χ0n) is 17.1. The molecule has 1 amide bonds. The number of carbonyl (C=O) groups excluding carboxylic acids is 1. The molecule has 4 N–H and O–H groups in total. The summed E-state index contributed by atoms with van der Waals surface area (Å²) in [6, 6.07) is 13.4. The summed E-state index contributed by atoms with van der Waals surface area (Å²) in [5, 5.41) is 12.9. The van der Waals surface area contributed by atoms with Crippen LogP contribution < -0.4 is 21.7 Å². The second-order valence-corrected chi connectivity index (χ2v) is 8.14. The summed E-state index contributed by atoms with van der Waals surface area (Å²) in [4.78, 5) is 42.2. The fourth-order valence-corrected chi connectivity index (χ4v) is 4.14. The number of aromatic amines is 1. The van der Waals surface area contributed by atoms with Gasteiger partial charge in [-0.25, -0.2) is 9.78 Å². The van der Waals surface area contributed by atoms with Gasteiger partial charge in [-0.1, -0.05) is 48.2 Å². The SMILES string of the molecule is Cn1c(=O)[nH]c(=O)c2c1nc(SCC(N)=O)n2C[C@@H](O)COc1cccc2ccccc12. The number of thioether (sulfide) groups is 1. The number of nitrogens with zero attached hydrogens (tertiary/aromatic N) is 3. The maximum atomic E-state index is 12.5. The van der Waals surface area contributed by atoms with Crippen molar-refractivity contribution in [2.75, 3.05) is 12.4 Å². The lowest BCUT2D eigenvalue weighted by Crippen LogP contribution is -2.30. The van der Waals surface area contributed by atoms with Crippen LogP contribution in [0, 0.1) is 0 Å². The third-order valence-electron chi connectivity index (χ3n) is 4.89. The molecule has 4 rings (SSSR count). The standard InChI is InChI=1S/C21H21N5O5S/c1-25-18-17(19(29)24-20(25)30)26(21(23-18)32-11-16(22)28)9-13(27)10-31-15-8-4-6-12-5-2-3-7-14(12)15/h2-8,13,27H,9-11H2,1H3,(H2,22,28)(H,24,29,30)/t13-/m1/s1. The Hall–Kier alpha value is -3.57. The summed E-state index contributed by atoms with van der Waals surface area (Å²) in [7, 11) is 1.47. The molecule has 0 aliphatic heterocycles. The van der Waals surface area contributed by atoms with Gasteiger partial charge in [-0.3, -0.25) is 19.1 Å². The van der Waals surface area contributed by atoms with E-state index in [1.54, 1.807) is 0 Å². The normalized spacial score (nSPS) is 12.3. The number of aliphatic hydroxyl groups is 1. The molecule has 166 valence electrons. The number of amides is 1. The Morgan fingerprint density at radius 1 is 1.25 bits per heavy atom. The molecule has 1 atom stereocenters. The average molecular weight is 455 g/mol. The third-order valence-corrected chi connectivity index (χ3v) is 5.89. The van der Waals surface area contributed by atoms with Gasteiger partial charge in [-0.2, -0.15) is 0 Å². The minimum Gasteiger partial charge on any atom is -0.490 e. The Labute approximate surface area is 185 Å². The lowest BCUT2D eigenvalue weighted by Gasteiger charge is -2.16. The van der Waals surface area contributed by atoms with Crippen LogP contribution in [-0.2, 0) is 18.4 Å². The molecule has 0 aliphatic carbocycles. The molecule has 11 heteroatoms. The second-order valence-electron chi connectivity index (χ2n) is 7.19. The minimum atomic E-state index is -1.00. The minimum absolute atomic E-state index is 0.0381. The third kappa shape index (κ3) is 4.25. The molecule has 0 radical (unpaired) electrons. The van der Waals surface area contributed by atoms with Crippen LogP contribution in [0.4, 0.5) is 0 Å². The molecule has 10 nitrogen and oxygen atoms in total. The number of imidazole rings is 1. The number of nitrogens with one attached hydrogen (secondary N) is 1. The molecule has 4 aromatic rings. The van der Waals surface area contributed by atoms with Crippen molar-refractivity contribution in [2.45, 2.75) is 17.8 Å². The molecular weight excluding hydrogens is 434 g/mol. The highest BCUT2D eigenvalue weighted by Crippen LogP contribution is 2.26. The van der Waals surface area contributed by atoms with Crippen molar-refractivity contribution >= 4 is 39.6 Å². The maximum Gasteiger partial charge on any atom is 0.329 e. The molecule has 0 unspecified atom stereocenters. The van der Waals surface area contributed by atoms with Crippen LogP contribution >= 0.6 is 11.8 Å². The van der Waals surface area contributed by atoms with Crippen molar-refractivity contribution in [3.8, 4) is 5.75 Å². The molecule has 0 saturated carbocycles. The van der Waals surface area contributed by atoms with Crippen LogP contribution in [0.1, 0.15) is 0 Å². The Morgan fingerprint density at radius 3 is 2.78 bits per heavy atom. The summed E-state index contributed by atoms with van der Waals surface area (Å²) in [5.74, 6) is -0.00457. The van der Waals surface area contributed by atoms with Crippen LogP contribution in [0.25, 0.3) is 21.9 Å². The van der Waals surface area contributed by atoms with Gasteiger partial charge in [-0.05, 0) is 11.5 Å². The van der Waals surface area contributed by atoms with Crippen molar-refractivity contribution in [1.82, 2.24) is 19.1 Å². The van der Waals surface area contributed by atoms with E-state index in [0.717, 1.165) is 22.5 Å². The highest BCUT2D eigenvalue weighted by molar-refractivity contribution is 7.99. The second kappa shape index (κ2) is 8.89. The summed E-state index contributed by atoms with van der Waals surface area (Å²) in [6.45, 7) is -0.0824. The number of primary amides is 1. The Balaban J connectivity index is 1.62. The summed E-state index contributed by atoms with van der Waals surface area (Å²) in [6.07, 6.45) is -1.00. The monoisotopic (exact) mass is 455 g/mol. The van der Waals surface area contributed by atoms with E-state index in [9.17, 15) is 19.5 Å². The summed E-state index contributed by atoms with van der Waals surface area (Å²) < 4.78 is 8.51. The van der Waals surface area contributed by atoms with E-state index in [0.29, 0.717) is 5.75 Å². The number of nitrogens with two attached hydrogens (primary N) is 1. The van der Waals surface area contributed by atoms with Gasteiger partial charge in [-0.15, -0.1) is 0 Å². The van der Waals surface area contributed by atoms with Crippen molar-refractivity contribution in [1.29, 1.82) is 0 Å². The molecular formula is C21H21N5O5S. The van der Waals surface area contributed by atoms with Crippen molar-refractivity contribution in [2.24, 2.45) is 12.8 Å². The summed E-state index contributed by atoms with van der Waals surface area (Å²) in [5.41, 5.74) is 4.25. The topological polar surface area (TPSA) is 145 Å². The Morgan fingerprint density at radius 2 is 2.00 bits per heavy atom. The number of rotatable bonds is 8. The molecule has 32 heavy (non-hydrogen) atoms. The zero-order valence-corrected chi connectivity index (χ0v) is 18.0. The van der Waals surface area contributed by atoms with Crippen molar-refractivity contribution in [3.63, 3.8) is 0 Å². The number of hydrogen-bond donors (Lipinski definition) is 3. The van der Waals surface area contributed by atoms with E-state index in [1.165, 1.54) is 16.2 Å². The van der Waals surface area contributed by atoms with E-state index in [-0.39, 0.29) is 35.2 Å². The van der Waals surface area contributed by atoms with E-state index in [2.05, 4.69) is 9.97 Å². The number of ether oxygens (including phenoxy) is 1. The van der Waals surface area contributed by atoms with Gasteiger partial charge in [0.2, 0.25) is 5.91 Å². The average Bonchev–Trinajstić information content (AvgIpc) is 3.13. The van der Waals surface area contributed by atoms with Crippen LogP contribution in [0.3, 0.4) is 0 Å². The Kier molecular flexibility index (Phi) is 6.01. The highest BCUT2D eigenvalue weighted by atomic mass is 32.2. The van der Waals surface area contributed by atoms with Gasteiger partial charge >= 0.3 is 5.69 Å². The molecule has 2 heterocycles. The number of aromatic nitrogens is 4. The number of aliphatic hydroxyl groups excluding tert-OH is 1. The maximum absolute atomic E-state index is 12.5. The highest BCUT2D eigenvalue weighted by Gasteiger charge is 2.20. The van der Waals surface area contributed by atoms with Crippen LogP contribution in [0.2, 0.25) is 0 Å². The van der Waals surface area contributed by atoms with Crippen molar-refractivity contribution in [3.05, 3.63) is 63.3 Å². The molecule has 0 aliphatic rings.